The van der Waals surface area contributed by atoms with Crippen LogP contribution in [0.25, 0.3) is 11.0 Å². The lowest BCUT2D eigenvalue weighted by molar-refractivity contribution is 0.0990. The summed E-state index contributed by atoms with van der Waals surface area (Å²) in [5.74, 6) is -1.09. The number of ketones is 1. The Hall–Kier alpha value is -3.93. The molecule has 5 nitrogen and oxygen atoms in total. The molecule has 0 bridgehead atoms. The second kappa shape index (κ2) is 8.44. The van der Waals surface area contributed by atoms with Crippen molar-refractivity contribution >= 4 is 34.0 Å². The normalized spacial score (nSPS) is 10.8. The van der Waals surface area contributed by atoms with E-state index in [1.165, 1.54) is 6.07 Å². The second-order valence-electron chi connectivity index (χ2n) is 7.37. The van der Waals surface area contributed by atoms with Gasteiger partial charge in [-0.1, -0.05) is 36.4 Å². The van der Waals surface area contributed by atoms with Crippen molar-refractivity contribution in [1.29, 1.82) is 0 Å². The van der Waals surface area contributed by atoms with Gasteiger partial charge in [0.05, 0.1) is 12.2 Å². The van der Waals surface area contributed by atoms with Crippen molar-refractivity contribution in [1.82, 2.24) is 0 Å². The summed E-state index contributed by atoms with van der Waals surface area (Å²) >= 11 is 0. The maximum absolute atomic E-state index is 13.8. The van der Waals surface area contributed by atoms with E-state index in [2.05, 4.69) is 10.6 Å². The van der Waals surface area contributed by atoms with Gasteiger partial charge in [0, 0.05) is 16.6 Å². The average molecular weight is 416 g/mol. The summed E-state index contributed by atoms with van der Waals surface area (Å²) in [6.07, 6.45) is 0. The maximum atomic E-state index is 13.8. The number of rotatable bonds is 6. The van der Waals surface area contributed by atoms with E-state index in [0.717, 1.165) is 5.56 Å². The van der Waals surface area contributed by atoms with Gasteiger partial charge in [0.25, 0.3) is 5.91 Å². The molecule has 2 N–H and O–H groups in total. The number of fused-ring (bicyclic) bond motifs is 1. The molecule has 6 heteroatoms. The average Bonchev–Trinajstić information content (AvgIpc) is 3.13. The SMILES string of the molecule is Cc1cccc(NC(=O)c2oc3ccccc3c2NCC(=O)c2ccc(C)c(F)c2)c1. The van der Waals surface area contributed by atoms with E-state index in [0.29, 0.717) is 27.9 Å². The molecule has 3 aromatic carbocycles. The predicted octanol–water partition coefficient (Wildman–Crippen LogP) is 5.74. The van der Waals surface area contributed by atoms with Gasteiger partial charge in [0.15, 0.2) is 5.78 Å². The molecule has 0 spiro atoms. The molecule has 0 saturated carbocycles. The van der Waals surface area contributed by atoms with Crippen LogP contribution in [0.15, 0.2) is 71.1 Å². The summed E-state index contributed by atoms with van der Waals surface area (Å²) in [6, 6.07) is 19.0. The van der Waals surface area contributed by atoms with E-state index in [4.69, 9.17) is 4.42 Å². The first kappa shape index (κ1) is 20.3. The largest absolute Gasteiger partial charge is 0.449 e. The highest BCUT2D eigenvalue weighted by Gasteiger charge is 2.21. The highest BCUT2D eigenvalue weighted by molar-refractivity contribution is 6.12. The smallest absolute Gasteiger partial charge is 0.293 e. The van der Waals surface area contributed by atoms with Crippen LogP contribution in [0.3, 0.4) is 0 Å². The molecule has 0 radical (unpaired) electrons. The van der Waals surface area contributed by atoms with Crippen LogP contribution in [0, 0.1) is 19.7 Å². The molecule has 1 aromatic heterocycles. The van der Waals surface area contributed by atoms with Crippen LogP contribution >= 0.6 is 0 Å². The number of anilines is 2. The Labute approximate surface area is 178 Å². The third-order valence-corrected chi connectivity index (χ3v) is 5.00. The monoisotopic (exact) mass is 416 g/mol. The Kier molecular flexibility index (Phi) is 5.54. The van der Waals surface area contributed by atoms with Crippen molar-refractivity contribution in [2.24, 2.45) is 0 Å². The lowest BCUT2D eigenvalue weighted by Gasteiger charge is -2.09. The quantitative estimate of drug-likeness (QED) is 0.394. The fraction of sp³-hybridized carbons (Fsp3) is 0.120. The zero-order valence-corrected chi connectivity index (χ0v) is 17.2. The van der Waals surface area contributed by atoms with Crippen molar-refractivity contribution < 1.29 is 18.4 Å². The highest BCUT2D eigenvalue weighted by atomic mass is 19.1. The third kappa shape index (κ3) is 4.33. The van der Waals surface area contributed by atoms with Gasteiger partial charge in [-0.25, -0.2) is 4.39 Å². The van der Waals surface area contributed by atoms with Crippen LogP contribution in [0.5, 0.6) is 0 Å². The Morgan fingerprint density at radius 2 is 1.77 bits per heavy atom. The number of benzene rings is 3. The van der Waals surface area contributed by atoms with Gasteiger partial charge in [-0.15, -0.1) is 0 Å². The topological polar surface area (TPSA) is 71.3 Å². The van der Waals surface area contributed by atoms with Gasteiger partial charge in [-0.3, -0.25) is 9.59 Å². The zero-order valence-electron chi connectivity index (χ0n) is 17.2. The van der Waals surface area contributed by atoms with E-state index in [9.17, 15) is 14.0 Å². The van der Waals surface area contributed by atoms with Crippen LogP contribution in [-0.2, 0) is 0 Å². The number of amides is 1. The molecule has 0 atom stereocenters. The minimum Gasteiger partial charge on any atom is -0.449 e. The molecule has 0 fully saturated rings. The van der Waals surface area contributed by atoms with Crippen LogP contribution in [0.1, 0.15) is 32.0 Å². The van der Waals surface area contributed by atoms with Gasteiger partial charge < -0.3 is 15.1 Å². The second-order valence-corrected chi connectivity index (χ2v) is 7.37. The summed E-state index contributed by atoms with van der Waals surface area (Å²) in [4.78, 5) is 25.5. The number of hydrogen-bond donors (Lipinski definition) is 2. The minimum absolute atomic E-state index is 0.0746. The number of para-hydroxylation sites is 1. The number of carbonyl (C=O) groups is 2. The summed E-state index contributed by atoms with van der Waals surface area (Å²) in [5, 5.41) is 6.53. The molecule has 4 aromatic rings. The fourth-order valence-electron chi connectivity index (χ4n) is 3.33. The lowest BCUT2D eigenvalue weighted by Crippen LogP contribution is -2.18. The van der Waals surface area contributed by atoms with Gasteiger partial charge in [0.1, 0.15) is 11.4 Å². The summed E-state index contributed by atoms with van der Waals surface area (Å²) in [7, 11) is 0. The number of furan rings is 1. The molecule has 0 saturated heterocycles. The highest BCUT2D eigenvalue weighted by Crippen LogP contribution is 2.31. The van der Waals surface area contributed by atoms with Crippen molar-refractivity contribution in [3.63, 3.8) is 0 Å². The van der Waals surface area contributed by atoms with Gasteiger partial charge in [-0.2, -0.15) is 0 Å². The van der Waals surface area contributed by atoms with E-state index in [1.807, 2.05) is 31.2 Å². The number of Topliss-reactive ketones (excluding diaryl/α,β-unsaturated/α-hetero) is 1. The van der Waals surface area contributed by atoms with E-state index < -0.39 is 11.7 Å². The lowest BCUT2D eigenvalue weighted by atomic mass is 10.1. The number of aryl methyl sites for hydroxylation is 2. The molecular formula is C25H21FN2O3. The standard InChI is InChI=1S/C25H21FN2O3/c1-15-6-5-7-18(12-15)28-25(30)24-23(19-8-3-4-9-22(19)31-24)27-14-21(29)17-11-10-16(2)20(26)13-17/h3-13,27H,14H2,1-2H3,(H,28,30). The van der Waals surface area contributed by atoms with E-state index >= 15 is 0 Å². The van der Waals surface area contributed by atoms with Gasteiger partial charge in [0.2, 0.25) is 5.76 Å². The number of halogens is 1. The van der Waals surface area contributed by atoms with E-state index in [1.54, 1.807) is 43.3 Å². The first-order valence-corrected chi connectivity index (χ1v) is 9.85. The predicted molar refractivity (Wildman–Crippen MR) is 119 cm³/mol. The molecular weight excluding hydrogens is 395 g/mol. The van der Waals surface area contributed by atoms with Crippen molar-refractivity contribution in [3.05, 3.63) is 95.0 Å². The first-order valence-electron chi connectivity index (χ1n) is 9.85. The molecule has 0 aliphatic carbocycles. The van der Waals surface area contributed by atoms with Crippen molar-refractivity contribution in [2.45, 2.75) is 13.8 Å². The van der Waals surface area contributed by atoms with Crippen molar-refractivity contribution in [2.75, 3.05) is 17.2 Å². The zero-order chi connectivity index (χ0) is 22.0. The third-order valence-electron chi connectivity index (χ3n) is 5.00. The molecule has 31 heavy (non-hydrogen) atoms. The van der Waals surface area contributed by atoms with Gasteiger partial charge >= 0.3 is 0 Å². The number of carbonyl (C=O) groups excluding carboxylic acids is 2. The Morgan fingerprint density at radius 1 is 0.968 bits per heavy atom. The molecule has 1 heterocycles. The van der Waals surface area contributed by atoms with E-state index in [-0.39, 0.29) is 23.7 Å². The van der Waals surface area contributed by atoms with Crippen LogP contribution < -0.4 is 10.6 Å². The van der Waals surface area contributed by atoms with Crippen LogP contribution in [-0.4, -0.2) is 18.2 Å². The maximum Gasteiger partial charge on any atom is 0.293 e. The minimum atomic E-state index is -0.433. The molecule has 0 unspecified atom stereocenters. The molecule has 156 valence electrons. The summed E-state index contributed by atoms with van der Waals surface area (Å²) in [5.41, 5.74) is 3.32. The fourth-order valence-corrected chi connectivity index (χ4v) is 3.33. The molecule has 4 rings (SSSR count). The number of hydrogen-bond acceptors (Lipinski definition) is 4. The Balaban J connectivity index is 1.61. The molecule has 0 aliphatic heterocycles. The summed E-state index contributed by atoms with van der Waals surface area (Å²) < 4.78 is 19.6. The van der Waals surface area contributed by atoms with Crippen LogP contribution in [0.2, 0.25) is 0 Å². The Morgan fingerprint density at radius 3 is 2.55 bits per heavy atom. The molecule has 1 amide bonds. The first-order chi connectivity index (χ1) is 14.9. The molecule has 0 aliphatic rings. The van der Waals surface area contributed by atoms with Crippen molar-refractivity contribution in [3.8, 4) is 0 Å². The summed E-state index contributed by atoms with van der Waals surface area (Å²) in [6.45, 7) is 3.46. The van der Waals surface area contributed by atoms with Crippen LogP contribution in [0.4, 0.5) is 15.8 Å². The number of nitrogens with one attached hydrogen (secondary N) is 2. The van der Waals surface area contributed by atoms with Gasteiger partial charge in [-0.05, 0) is 55.3 Å². The Bertz CT molecular complexity index is 1290.